The van der Waals surface area contributed by atoms with Crippen LogP contribution in [0, 0.1) is 30.1 Å². The molecule has 0 bridgehead atoms. The van der Waals surface area contributed by atoms with Crippen LogP contribution in [0.5, 0.6) is 0 Å². The summed E-state index contributed by atoms with van der Waals surface area (Å²) in [5, 5.41) is 27.6. The molecule has 3 unspecified atom stereocenters. The normalized spacial score (nSPS) is 17.7. The summed E-state index contributed by atoms with van der Waals surface area (Å²) >= 11 is 0. The molecule has 10 heteroatoms. The fourth-order valence-corrected chi connectivity index (χ4v) is 8.27. The van der Waals surface area contributed by atoms with Gasteiger partial charge in [-0.1, -0.05) is 76.3 Å². The van der Waals surface area contributed by atoms with Crippen molar-refractivity contribution in [3.05, 3.63) is 35.9 Å². The molecule has 0 aliphatic heterocycles. The molecule has 1 aliphatic rings. The zero-order valence-corrected chi connectivity index (χ0v) is 30.3. The second-order valence-corrected chi connectivity index (χ2v) is 16.7. The number of carbonyl (C=O) groups excluding carboxylic acids is 2. The van der Waals surface area contributed by atoms with Crippen molar-refractivity contribution in [3.63, 3.8) is 0 Å². The van der Waals surface area contributed by atoms with E-state index in [1.54, 1.807) is 0 Å². The molecule has 2 rings (SSSR count). The van der Waals surface area contributed by atoms with Crippen molar-refractivity contribution in [3.8, 4) is 12.3 Å². The van der Waals surface area contributed by atoms with E-state index >= 15 is 0 Å². The Morgan fingerprint density at radius 1 is 0.957 bits per heavy atom. The van der Waals surface area contributed by atoms with Gasteiger partial charge in [0.1, 0.15) is 12.1 Å². The zero-order valence-electron chi connectivity index (χ0n) is 29.5. The average molecular weight is 676 g/mol. The van der Waals surface area contributed by atoms with Crippen molar-refractivity contribution in [1.29, 1.82) is 0 Å². The summed E-state index contributed by atoms with van der Waals surface area (Å²) in [5.74, 6) is 0.393. The van der Waals surface area contributed by atoms with Gasteiger partial charge in [0.25, 0.3) is 0 Å². The van der Waals surface area contributed by atoms with Gasteiger partial charge in [-0.05, 0) is 64.4 Å². The molecule has 0 aromatic heterocycles. The predicted octanol–water partition coefficient (Wildman–Crippen LogP) is 4.11. The first-order chi connectivity index (χ1) is 22.1. The third kappa shape index (κ3) is 14.7. The van der Waals surface area contributed by atoms with E-state index in [1.165, 1.54) is 0 Å². The third-order valence-electron chi connectivity index (χ3n) is 9.25. The number of amides is 2. The average Bonchev–Trinajstić information content (AvgIpc) is 3.00. The molecule has 1 aromatic carbocycles. The quantitative estimate of drug-likeness (QED) is 0.153. The number of aliphatic hydroxyl groups excluding tert-OH is 2. The first-order valence-corrected chi connectivity index (χ1v) is 19.4. The number of rotatable bonds is 20. The topological polar surface area (TPSA) is 136 Å². The predicted molar refractivity (Wildman–Crippen MR) is 189 cm³/mol. The monoisotopic (exact) mass is 675 g/mol. The Morgan fingerprint density at radius 3 is 2.13 bits per heavy atom. The van der Waals surface area contributed by atoms with Gasteiger partial charge in [-0.15, -0.1) is 12.3 Å². The van der Waals surface area contributed by atoms with Gasteiger partial charge in [0, 0.05) is 25.0 Å². The van der Waals surface area contributed by atoms with Crippen molar-refractivity contribution in [2.24, 2.45) is 17.8 Å². The number of nitrogens with zero attached hydrogens (tertiary/aromatic N) is 1. The van der Waals surface area contributed by atoms with Crippen molar-refractivity contribution in [2.75, 3.05) is 18.1 Å². The summed E-state index contributed by atoms with van der Waals surface area (Å²) < 4.78 is 26.8. The summed E-state index contributed by atoms with van der Waals surface area (Å²) in [4.78, 5) is 29.6. The van der Waals surface area contributed by atoms with E-state index < -0.39 is 51.9 Å². The number of carbonyl (C=O) groups is 2. The Hall–Kier alpha value is -2.45. The Kier molecular flexibility index (Phi) is 17.5. The number of hydrogen-bond acceptors (Lipinski definition) is 7. The molecule has 47 heavy (non-hydrogen) atoms. The third-order valence-corrected chi connectivity index (χ3v) is 11.0. The van der Waals surface area contributed by atoms with Crippen LogP contribution in [0.4, 0.5) is 0 Å². The van der Waals surface area contributed by atoms with Crippen LogP contribution in [-0.4, -0.2) is 89.8 Å². The molecule has 9 nitrogen and oxygen atoms in total. The lowest BCUT2D eigenvalue weighted by atomic mass is 9.82. The molecule has 5 atom stereocenters. The van der Waals surface area contributed by atoms with Crippen LogP contribution in [0.15, 0.2) is 30.3 Å². The standard InChI is InChI=1S/C37H61N3O6S/c1-8-15-32(37(44)39-33(24-30-18-13-10-14-19-30)35(42)34(41)22-26(2)3)38-36(43)31(23-29-16-11-9-12-17-29)25-47(45,46)21-20-40(27(4)5)28(6)7/h1,9,11-12,16-17,26-28,30-35,41-42H,10,13-15,18-25H2,2-7H3,(H,38,43)(H,39,44)/t31?,32-,33?,34?,35+/m0/s1. The molecular weight excluding hydrogens is 614 g/mol. The lowest BCUT2D eigenvalue weighted by Crippen LogP contribution is -2.56. The van der Waals surface area contributed by atoms with E-state index in [2.05, 4.69) is 21.5 Å². The molecule has 1 aliphatic carbocycles. The van der Waals surface area contributed by atoms with Gasteiger partial charge < -0.3 is 20.8 Å². The first-order valence-electron chi connectivity index (χ1n) is 17.5. The van der Waals surface area contributed by atoms with E-state index in [0.717, 1.165) is 37.7 Å². The van der Waals surface area contributed by atoms with Gasteiger partial charge in [-0.25, -0.2) is 8.42 Å². The van der Waals surface area contributed by atoms with Crippen molar-refractivity contribution < 1.29 is 28.2 Å². The fraction of sp³-hybridized carbons (Fsp3) is 0.730. The Balaban J connectivity index is 2.26. The van der Waals surface area contributed by atoms with Gasteiger partial charge in [0.15, 0.2) is 9.84 Å². The maximum Gasteiger partial charge on any atom is 0.243 e. The van der Waals surface area contributed by atoms with Gasteiger partial charge in [-0.2, -0.15) is 0 Å². The Labute approximate surface area is 284 Å². The summed E-state index contributed by atoms with van der Waals surface area (Å²) in [5.41, 5.74) is 0.807. The second kappa shape index (κ2) is 20.2. The van der Waals surface area contributed by atoms with Crippen molar-refractivity contribution in [2.45, 2.75) is 136 Å². The molecule has 266 valence electrons. The summed E-state index contributed by atoms with van der Waals surface area (Å²) in [6, 6.07) is 7.70. The number of sulfone groups is 1. The van der Waals surface area contributed by atoms with Gasteiger partial charge in [-0.3, -0.25) is 14.5 Å². The van der Waals surface area contributed by atoms with E-state index in [1.807, 2.05) is 71.9 Å². The molecule has 1 fully saturated rings. The Bertz CT molecular complexity index is 1220. The van der Waals surface area contributed by atoms with Crippen LogP contribution >= 0.6 is 0 Å². The van der Waals surface area contributed by atoms with Crippen LogP contribution in [0.1, 0.15) is 98.5 Å². The smallest absolute Gasteiger partial charge is 0.243 e. The Morgan fingerprint density at radius 2 is 1.57 bits per heavy atom. The van der Waals surface area contributed by atoms with Crippen molar-refractivity contribution >= 4 is 21.7 Å². The van der Waals surface area contributed by atoms with Crippen LogP contribution in [-0.2, 0) is 25.8 Å². The number of terminal acetylenes is 1. The molecular formula is C37H61N3O6S. The van der Waals surface area contributed by atoms with E-state index in [4.69, 9.17) is 6.42 Å². The number of aliphatic hydroxyl groups is 2. The molecule has 0 spiro atoms. The molecule has 0 heterocycles. The van der Waals surface area contributed by atoms with Gasteiger partial charge in [0.05, 0.1) is 29.6 Å². The summed E-state index contributed by atoms with van der Waals surface area (Å²) in [6.07, 6.45) is 9.71. The van der Waals surface area contributed by atoms with Crippen molar-refractivity contribution in [1.82, 2.24) is 15.5 Å². The lowest BCUT2D eigenvalue weighted by molar-refractivity contribution is -0.132. The number of benzene rings is 1. The SMILES string of the molecule is C#CC[C@H](NC(=O)C(Cc1ccccc1)CS(=O)(=O)CCN(C(C)C)C(C)C)C(=O)NC(CC1CCCCC1)[C@@H](O)C(O)CC(C)C. The van der Waals surface area contributed by atoms with Crippen LogP contribution in [0.2, 0.25) is 0 Å². The highest BCUT2D eigenvalue weighted by Gasteiger charge is 2.34. The number of nitrogens with one attached hydrogen (secondary N) is 2. The minimum atomic E-state index is -3.65. The minimum absolute atomic E-state index is 0.0877. The highest BCUT2D eigenvalue weighted by atomic mass is 32.2. The maximum absolute atomic E-state index is 13.8. The highest BCUT2D eigenvalue weighted by Crippen LogP contribution is 2.29. The van der Waals surface area contributed by atoms with E-state index in [-0.39, 0.29) is 42.3 Å². The summed E-state index contributed by atoms with van der Waals surface area (Å²) in [7, 11) is -3.65. The molecule has 1 saturated carbocycles. The zero-order chi connectivity index (χ0) is 35.1. The van der Waals surface area contributed by atoms with Crippen LogP contribution in [0.25, 0.3) is 0 Å². The highest BCUT2D eigenvalue weighted by molar-refractivity contribution is 7.91. The van der Waals surface area contributed by atoms with Crippen LogP contribution < -0.4 is 10.6 Å². The lowest BCUT2D eigenvalue weighted by Gasteiger charge is -2.33. The van der Waals surface area contributed by atoms with Crippen LogP contribution in [0.3, 0.4) is 0 Å². The van der Waals surface area contributed by atoms with E-state index in [9.17, 15) is 28.2 Å². The summed E-state index contributed by atoms with van der Waals surface area (Å²) in [6.45, 7) is 12.4. The largest absolute Gasteiger partial charge is 0.390 e. The minimum Gasteiger partial charge on any atom is -0.390 e. The molecule has 4 N–H and O–H groups in total. The molecule has 0 radical (unpaired) electrons. The first kappa shape index (κ1) is 40.7. The van der Waals surface area contributed by atoms with E-state index in [0.29, 0.717) is 25.3 Å². The maximum atomic E-state index is 13.8. The molecule has 0 saturated heterocycles. The van der Waals surface area contributed by atoms with Gasteiger partial charge in [0.2, 0.25) is 11.8 Å². The molecule has 1 aromatic rings. The second-order valence-electron chi connectivity index (χ2n) is 14.4. The van der Waals surface area contributed by atoms with Gasteiger partial charge >= 0.3 is 0 Å². The number of hydrogen-bond donors (Lipinski definition) is 4. The fourth-order valence-electron chi connectivity index (χ4n) is 6.73. The molecule has 2 amide bonds.